The van der Waals surface area contributed by atoms with Gasteiger partial charge < -0.3 is 10.3 Å². The van der Waals surface area contributed by atoms with E-state index in [0.29, 0.717) is 23.8 Å². The zero-order chi connectivity index (χ0) is 13.9. The highest BCUT2D eigenvalue weighted by Gasteiger charge is 2.11. The first-order valence-electron chi connectivity index (χ1n) is 6.45. The Hall–Kier alpha value is -2.62. The van der Waals surface area contributed by atoms with Crippen molar-refractivity contribution < 1.29 is 4.52 Å². The van der Waals surface area contributed by atoms with Crippen LogP contribution in [0.5, 0.6) is 0 Å². The van der Waals surface area contributed by atoms with Gasteiger partial charge in [0, 0.05) is 11.3 Å². The number of rotatable bonds is 3. The zero-order valence-electron chi connectivity index (χ0n) is 11.2. The highest BCUT2D eigenvalue weighted by molar-refractivity contribution is 5.70. The number of nitrogens with two attached hydrogens (primary N) is 1. The van der Waals surface area contributed by atoms with Crippen molar-refractivity contribution in [3.05, 3.63) is 65.5 Å². The molecule has 3 aromatic rings. The Labute approximate surface area is 117 Å². The van der Waals surface area contributed by atoms with Crippen molar-refractivity contribution in [1.29, 1.82) is 0 Å². The molecular formula is C16H15N3O. The van der Waals surface area contributed by atoms with Gasteiger partial charge in [0.1, 0.15) is 0 Å². The summed E-state index contributed by atoms with van der Waals surface area (Å²) in [6, 6.07) is 15.7. The van der Waals surface area contributed by atoms with E-state index in [2.05, 4.69) is 29.2 Å². The second-order valence-corrected chi connectivity index (χ2v) is 4.76. The Morgan fingerprint density at radius 3 is 2.75 bits per heavy atom. The average Bonchev–Trinajstić information content (AvgIpc) is 2.87. The highest BCUT2D eigenvalue weighted by Crippen LogP contribution is 2.23. The summed E-state index contributed by atoms with van der Waals surface area (Å²) in [6.07, 6.45) is 0.626. The fraction of sp³-hybridized carbons (Fsp3) is 0.125. The maximum absolute atomic E-state index is 5.91. The smallest absolute Gasteiger partial charge is 0.231 e. The third-order valence-corrected chi connectivity index (χ3v) is 3.11. The molecule has 2 N–H and O–H groups in total. The average molecular weight is 265 g/mol. The molecule has 20 heavy (non-hydrogen) atoms. The fourth-order valence-electron chi connectivity index (χ4n) is 2.13. The van der Waals surface area contributed by atoms with Crippen molar-refractivity contribution in [2.75, 3.05) is 5.73 Å². The van der Waals surface area contributed by atoms with Crippen LogP contribution in [-0.4, -0.2) is 10.1 Å². The van der Waals surface area contributed by atoms with Gasteiger partial charge in [0.05, 0.1) is 6.42 Å². The molecular weight excluding hydrogens is 250 g/mol. The Morgan fingerprint density at radius 2 is 1.95 bits per heavy atom. The second kappa shape index (κ2) is 5.17. The van der Waals surface area contributed by atoms with Gasteiger partial charge in [-0.25, -0.2) is 0 Å². The summed E-state index contributed by atoms with van der Waals surface area (Å²) in [6.45, 7) is 2.06. The van der Waals surface area contributed by atoms with Crippen LogP contribution in [0.4, 0.5) is 5.69 Å². The number of hydrogen-bond donors (Lipinski definition) is 1. The van der Waals surface area contributed by atoms with Crippen molar-refractivity contribution in [2.45, 2.75) is 13.3 Å². The predicted molar refractivity (Wildman–Crippen MR) is 78.1 cm³/mol. The van der Waals surface area contributed by atoms with Gasteiger partial charge in [-0.05, 0) is 24.6 Å². The van der Waals surface area contributed by atoms with E-state index in [9.17, 15) is 0 Å². The number of aromatic nitrogens is 2. The number of aryl methyl sites for hydroxylation is 1. The normalized spacial score (nSPS) is 10.7. The number of nitrogen functional groups attached to an aromatic ring is 1. The molecule has 0 spiro atoms. The van der Waals surface area contributed by atoms with Crippen LogP contribution in [0.1, 0.15) is 17.0 Å². The summed E-state index contributed by atoms with van der Waals surface area (Å²) in [4.78, 5) is 4.41. The first-order valence-corrected chi connectivity index (χ1v) is 6.45. The number of hydrogen-bond acceptors (Lipinski definition) is 4. The molecule has 0 amide bonds. The minimum absolute atomic E-state index is 0.533. The van der Waals surface area contributed by atoms with Gasteiger partial charge in [-0.2, -0.15) is 4.98 Å². The second-order valence-electron chi connectivity index (χ2n) is 4.76. The van der Waals surface area contributed by atoms with E-state index in [0.717, 1.165) is 11.1 Å². The maximum atomic E-state index is 5.91. The van der Waals surface area contributed by atoms with Crippen LogP contribution in [0.15, 0.2) is 53.1 Å². The molecule has 0 radical (unpaired) electrons. The molecule has 0 unspecified atom stereocenters. The number of nitrogens with zero attached hydrogens (tertiary/aromatic N) is 2. The van der Waals surface area contributed by atoms with Crippen LogP contribution in [0.25, 0.3) is 11.4 Å². The molecule has 0 aliphatic carbocycles. The minimum Gasteiger partial charge on any atom is -0.398 e. The molecule has 100 valence electrons. The van der Waals surface area contributed by atoms with Gasteiger partial charge in [-0.3, -0.25) is 0 Å². The van der Waals surface area contributed by atoms with E-state index in [-0.39, 0.29) is 0 Å². The standard InChI is InChI=1S/C16H15N3O/c1-11-5-4-6-12(9-11)10-15-18-16(19-20-15)13-7-2-3-8-14(13)17/h2-9H,10,17H2,1H3. The van der Waals surface area contributed by atoms with Crippen molar-refractivity contribution in [3.63, 3.8) is 0 Å². The van der Waals surface area contributed by atoms with Gasteiger partial charge >= 0.3 is 0 Å². The molecule has 0 aliphatic heterocycles. The van der Waals surface area contributed by atoms with E-state index >= 15 is 0 Å². The van der Waals surface area contributed by atoms with E-state index < -0.39 is 0 Å². The molecule has 4 heteroatoms. The zero-order valence-corrected chi connectivity index (χ0v) is 11.2. The molecule has 1 aromatic heterocycles. The largest absolute Gasteiger partial charge is 0.398 e. The van der Waals surface area contributed by atoms with Crippen molar-refractivity contribution in [3.8, 4) is 11.4 Å². The lowest BCUT2D eigenvalue weighted by molar-refractivity contribution is 0.385. The summed E-state index contributed by atoms with van der Waals surface area (Å²) in [5.41, 5.74) is 9.73. The van der Waals surface area contributed by atoms with E-state index in [1.165, 1.54) is 5.56 Å². The summed E-state index contributed by atoms with van der Waals surface area (Å²) in [5.74, 6) is 1.12. The Bertz CT molecular complexity index is 734. The third kappa shape index (κ3) is 2.54. The molecule has 0 aliphatic rings. The Kier molecular flexibility index (Phi) is 3.21. The van der Waals surface area contributed by atoms with Gasteiger partial charge in [-0.15, -0.1) is 0 Å². The van der Waals surface area contributed by atoms with Crippen molar-refractivity contribution in [2.24, 2.45) is 0 Å². The summed E-state index contributed by atoms with van der Waals surface area (Å²) >= 11 is 0. The molecule has 1 heterocycles. The third-order valence-electron chi connectivity index (χ3n) is 3.11. The van der Waals surface area contributed by atoms with Crippen LogP contribution in [0.2, 0.25) is 0 Å². The van der Waals surface area contributed by atoms with Crippen LogP contribution in [0.3, 0.4) is 0 Å². The molecule has 4 nitrogen and oxygen atoms in total. The van der Waals surface area contributed by atoms with Crippen LogP contribution in [0, 0.1) is 6.92 Å². The minimum atomic E-state index is 0.533. The van der Waals surface area contributed by atoms with Crippen LogP contribution >= 0.6 is 0 Å². The Balaban J connectivity index is 1.86. The van der Waals surface area contributed by atoms with Gasteiger partial charge in [-0.1, -0.05) is 47.1 Å². The fourth-order valence-corrected chi connectivity index (χ4v) is 2.13. The lowest BCUT2D eigenvalue weighted by atomic mass is 10.1. The van der Waals surface area contributed by atoms with E-state index in [4.69, 9.17) is 10.3 Å². The predicted octanol–water partition coefficient (Wildman–Crippen LogP) is 3.22. The van der Waals surface area contributed by atoms with Crippen LogP contribution in [-0.2, 0) is 6.42 Å². The van der Waals surface area contributed by atoms with Crippen LogP contribution < -0.4 is 5.73 Å². The van der Waals surface area contributed by atoms with Gasteiger partial charge in [0.15, 0.2) is 0 Å². The van der Waals surface area contributed by atoms with Gasteiger partial charge in [0.25, 0.3) is 0 Å². The number of benzene rings is 2. The molecule has 0 fully saturated rings. The molecule has 2 aromatic carbocycles. The first kappa shape index (κ1) is 12.4. The summed E-state index contributed by atoms with van der Waals surface area (Å²) in [7, 11) is 0. The Morgan fingerprint density at radius 1 is 1.10 bits per heavy atom. The monoisotopic (exact) mass is 265 g/mol. The van der Waals surface area contributed by atoms with Crippen molar-refractivity contribution in [1.82, 2.24) is 10.1 Å². The highest BCUT2D eigenvalue weighted by atomic mass is 16.5. The first-order chi connectivity index (χ1) is 9.72. The molecule has 0 saturated heterocycles. The SMILES string of the molecule is Cc1cccc(Cc2nc(-c3ccccc3N)no2)c1. The number of para-hydroxylation sites is 1. The van der Waals surface area contributed by atoms with E-state index in [1.54, 1.807) is 0 Å². The molecule has 0 saturated carbocycles. The summed E-state index contributed by atoms with van der Waals surface area (Å²) < 4.78 is 5.30. The topological polar surface area (TPSA) is 64.9 Å². The lowest BCUT2D eigenvalue weighted by Gasteiger charge is -1.99. The molecule has 0 atom stereocenters. The quantitative estimate of drug-likeness (QED) is 0.738. The van der Waals surface area contributed by atoms with E-state index in [1.807, 2.05) is 36.4 Å². The van der Waals surface area contributed by atoms with Gasteiger partial charge in [0.2, 0.25) is 11.7 Å². The molecule has 0 bridgehead atoms. The maximum Gasteiger partial charge on any atom is 0.231 e. The lowest BCUT2D eigenvalue weighted by Crippen LogP contribution is -1.92. The number of anilines is 1. The van der Waals surface area contributed by atoms with Crippen molar-refractivity contribution >= 4 is 5.69 Å². The molecule has 3 rings (SSSR count). The summed E-state index contributed by atoms with van der Waals surface area (Å²) in [5, 5.41) is 4.00.